The zero-order valence-electron chi connectivity index (χ0n) is 49.0. The maximum absolute atomic E-state index is 12.8. The second-order valence-electron chi connectivity index (χ2n) is 23.2. The second-order valence-corrected chi connectivity index (χ2v) is 24.6. The van der Waals surface area contributed by atoms with E-state index in [2.05, 4.69) is 13.8 Å². The van der Waals surface area contributed by atoms with Gasteiger partial charge in [0.15, 0.2) is 6.10 Å². The Balaban J connectivity index is 4.05. The summed E-state index contributed by atoms with van der Waals surface area (Å²) in [6.45, 7) is 4.52. The number of phosphoric acid groups is 1. The van der Waals surface area contributed by atoms with E-state index in [1.54, 1.807) is 0 Å². The van der Waals surface area contributed by atoms with Crippen molar-refractivity contribution in [3.8, 4) is 0 Å². The number of hydrogen-bond donors (Lipinski definition) is 1. The predicted octanol–water partition coefficient (Wildman–Crippen LogP) is 19.8. The number of carbonyl (C=O) groups excluding carboxylic acids is 2. The highest BCUT2D eigenvalue weighted by Gasteiger charge is 2.27. The quantitative estimate of drug-likeness (QED) is 0.0278. The van der Waals surface area contributed by atoms with Crippen molar-refractivity contribution in [2.75, 3.05) is 47.5 Å². The van der Waals surface area contributed by atoms with Crippen LogP contribution in [0, 0.1) is 0 Å². The zero-order valence-corrected chi connectivity index (χ0v) is 49.9. The fourth-order valence-electron chi connectivity index (χ4n) is 9.73. The summed E-state index contributed by atoms with van der Waals surface area (Å²) in [5.41, 5.74) is 0. The van der Waals surface area contributed by atoms with Gasteiger partial charge in [-0.2, -0.15) is 0 Å². The first-order valence-corrected chi connectivity index (χ1v) is 33.3. The van der Waals surface area contributed by atoms with Crippen molar-refractivity contribution >= 4 is 19.8 Å². The minimum Gasteiger partial charge on any atom is -0.462 e. The highest BCUT2D eigenvalue weighted by molar-refractivity contribution is 7.47. The van der Waals surface area contributed by atoms with Crippen molar-refractivity contribution in [2.45, 2.75) is 341 Å². The number of ether oxygens (including phenoxy) is 2. The van der Waals surface area contributed by atoms with E-state index in [1.807, 2.05) is 21.1 Å². The Hall–Kier alpha value is -0.990. The van der Waals surface area contributed by atoms with Crippen LogP contribution in [0.1, 0.15) is 335 Å². The first-order valence-electron chi connectivity index (χ1n) is 31.8. The van der Waals surface area contributed by atoms with Gasteiger partial charge in [0.1, 0.15) is 19.8 Å². The van der Waals surface area contributed by atoms with Crippen molar-refractivity contribution in [1.82, 2.24) is 0 Å². The number of unbranched alkanes of at least 4 members (excludes halogenated alkanes) is 46. The summed E-state index contributed by atoms with van der Waals surface area (Å²) in [6.07, 6.45) is 63.3. The third-order valence-electron chi connectivity index (χ3n) is 14.6. The maximum Gasteiger partial charge on any atom is 0.472 e. The molecular weight excluding hydrogens is 918 g/mol. The number of quaternary nitrogens is 1. The minimum atomic E-state index is -4.38. The topological polar surface area (TPSA) is 108 Å². The summed E-state index contributed by atoms with van der Waals surface area (Å²) in [5.74, 6) is -0.770. The second kappa shape index (κ2) is 54.8. The number of phosphoric ester groups is 1. The molecule has 0 bridgehead atoms. The SMILES string of the molecule is CCCCCCCCCCCCCCCCCCCCCCCCCCCC(=O)OC(COC(=O)CCCCCCCCCCCCCCCCCCCCCCCCC)COP(=O)(O)OCC[N+](C)(C)C. The van der Waals surface area contributed by atoms with Crippen molar-refractivity contribution in [1.29, 1.82) is 0 Å². The van der Waals surface area contributed by atoms with E-state index >= 15 is 0 Å². The lowest BCUT2D eigenvalue weighted by Gasteiger charge is -2.24. The van der Waals surface area contributed by atoms with Gasteiger partial charge in [-0.15, -0.1) is 0 Å². The van der Waals surface area contributed by atoms with Crippen LogP contribution in [0.15, 0.2) is 0 Å². The molecule has 0 heterocycles. The van der Waals surface area contributed by atoms with E-state index in [1.165, 1.54) is 270 Å². The third-order valence-corrected chi connectivity index (χ3v) is 15.6. The number of carbonyl (C=O) groups is 2. The Labute approximate surface area is 448 Å². The molecule has 10 heteroatoms. The zero-order chi connectivity index (χ0) is 52.7. The third kappa shape index (κ3) is 58.3. The molecule has 0 spiro atoms. The number of likely N-dealkylation sites (N-methyl/N-ethyl adjacent to an activating group) is 1. The van der Waals surface area contributed by atoms with Gasteiger partial charge in [0, 0.05) is 12.8 Å². The Morgan fingerprint density at radius 1 is 0.375 bits per heavy atom. The van der Waals surface area contributed by atoms with Gasteiger partial charge in [-0.05, 0) is 12.8 Å². The van der Waals surface area contributed by atoms with Crippen LogP contribution in [0.5, 0.6) is 0 Å². The Morgan fingerprint density at radius 3 is 0.889 bits per heavy atom. The molecule has 72 heavy (non-hydrogen) atoms. The molecule has 0 aromatic carbocycles. The molecule has 430 valence electrons. The lowest BCUT2D eigenvalue weighted by atomic mass is 10.0. The smallest absolute Gasteiger partial charge is 0.462 e. The van der Waals surface area contributed by atoms with Crippen molar-refractivity contribution < 1.29 is 42.1 Å². The van der Waals surface area contributed by atoms with Gasteiger partial charge in [-0.1, -0.05) is 309 Å². The summed E-state index contributed by atoms with van der Waals surface area (Å²) in [4.78, 5) is 35.8. The van der Waals surface area contributed by atoms with Gasteiger partial charge in [-0.25, -0.2) is 4.57 Å². The minimum absolute atomic E-state index is 0.0376. The summed E-state index contributed by atoms with van der Waals surface area (Å²) in [6, 6.07) is 0. The summed E-state index contributed by atoms with van der Waals surface area (Å²) in [7, 11) is 1.50. The number of rotatable bonds is 60. The molecule has 0 fully saturated rings. The van der Waals surface area contributed by atoms with Crippen LogP contribution in [0.3, 0.4) is 0 Å². The summed E-state index contributed by atoms with van der Waals surface area (Å²) in [5, 5.41) is 0. The van der Waals surface area contributed by atoms with E-state index in [0.717, 1.165) is 38.5 Å². The van der Waals surface area contributed by atoms with Crippen LogP contribution in [-0.2, 0) is 32.7 Å². The van der Waals surface area contributed by atoms with Crippen LogP contribution >= 0.6 is 7.82 Å². The Bertz CT molecular complexity index is 1180. The number of hydrogen-bond acceptors (Lipinski definition) is 7. The van der Waals surface area contributed by atoms with Gasteiger partial charge >= 0.3 is 19.8 Å². The highest BCUT2D eigenvalue weighted by atomic mass is 31.2. The van der Waals surface area contributed by atoms with E-state index < -0.39 is 26.5 Å². The summed E-state index contributed by atoms with van der Waals surface area (Å²) >= 11 is 0. The molecule has 0 radical (unpaired) electrons. The van der Waals surface area contributed by atoms with Crippen LogP contribution in [-0.4, -0.2) is 74.9 Å². The molecule has 0 saturated carbocycles. The van der Waals surface area contributed by atoms with Gasteiger partial charge < -0.3 is 18.9 Å². The van der Waals surface area contributed by atoms with Crippen LogP contribution in [0.25, 0.3) is 0 Å². The lowest BCUT2D eigenvalue weighted by molar-refractivity contribution is -0.870. The normalized spacial score (nSPS) is 13.1. The number of nitrogens with zero attached hydrogens (tertiary/aromatic N) is 1. The fourth-order valence-corrected chi connectivity index (χ4v) is 10.5. The molecule has 0 aromatic rings. The molecule has 0 rings (SSSR count). The number of esters is 2. The molecule has 0 aliphatic carbocycles. The van der Waals surface area contributed by atoms with E-state index in [4.69, 9.17) is 18.5 Å². The molecule has 0 aromatic heterocycles. The van der Waals surface area contributed by atoms with Gasteiger partial charge in [0.05, 0.1) is 27.7 Å². The molecule has 2 atom stereocenters. The summed E-state index contributed by atoms with van der Waals surface area (Å²) < 4.78 is 34.7. The van der Waals surface area contributed by atoms with Crippen LogP contribution in [0.2, 0.25) is 0 Å². The molecule has 9 nitrogen and oxygen atoms in total. The molecule has 0 aliphatic heterocycles. The molecular formula is C62H125NO8P+. The average molecular weight is 1040 g/mol. The van der Waals surface area contributed by atoms with E-state index in [-0.39, 0.29) is 25.6 Å². The van der Waals surface area contributed by atoms with Crippen LogP contribution in [0.4, 0.5) is 0 Å². The Morgan fingerprint density at radius 2 is 0.625 bits per heavy atom. The molecule has 1 N–H and O–H groups in total. The van der Waals surface area contributed by atoms with Crippen molar-refractivity contribution in [3.05, 3.63) is 0 Å². The molecule has 0 saturated heterocycles. The largest absolute Gasteiger partial charge is 0.472 e. The monoisotopic (exact) mass is 1040 g/mol. The van der Waals surface area contributed by atoms with Crippen molar-refractivity contribution in [2.24, 2.45) is 0 Å². The van der Waals surface area contributed by atoms with Crippen molar-refractivity contribution in [3.63, 3.8) is 0 Å². The van der Waals surface area contributed by atoms with E-state index in [9.17, 15) is 19.0 Å². The van der Waals surface area contributed by atoms with Gasteiger partial charge in [-0.3, -0.25) is 18.6 Å². The Kier molecular flexibility index (Phi) is 54.0. The molecule has 2 unspecified atom stereocenters. The average Bonchev–Trinajstić information content (AvgIpc) is 3.34. The van der Waals surface area contributed by atoms with Crippen LogP contribution < -0.4 is 0 Å². The fraction of sp³-hybridized carbons (Fsp3) is 0.968. The van der Waals surface area contributed by atoms with Gasteiger partial charge in [0.25, 0.3) is 0 Å². The van der Waals surface area contributed by atoms with E-state index in [0.29, 0.717) is 17.4 Å². The first-order chi connectivity index (χ1) is 35.0. The predicted molar refractivity (Wildman–Crippen MR) is 308 cm³/mol. The van der Waals surface area contributed by atoms with Gasteiger partial charge in [0.2, 0.25) is 0 Å². The standard InChI is InChI=1S/C62H124NO8P/c1-6-8-10-12-14-16-18-20-22-24-26-28-30-31-33-35-37-39-41-43-45-47-49-51-53-55-62(65)71-60(59-70-72(66,67)69-57-56-63(3,4)5)58-68-61(64)54-52-50-48-46-44-42-40-38-36-34-32-29-27-25-23-21-19-17-15-13-11-9-7-2/h60H,6-59H2,1-5H3/p+1. The highest BCUT2D eigenvalue weighted by Crippen LogP contribution is 2.43. The first kappa shape index (κ1) is 71.0. The lowest BCUT2D eigenvalue weighted by Crippen LogP contribution is -2.37. The molecule has 0 amide bonds. The molecule has 0 aliphatic rings. The maximum atomic E-state index is 12.8.